The fourth-order valence-corrected chi connectivity index (χ4v) is 1.30. The number of hydrogen-bond acceptors (Lipinski definition) is 3. The molecule has 0 unspecified atom stereocenters. The maximum absolute atomic E-state index is 10.5. The number of carboxylic acids is 2. The number of hydrogen-bond donors (Lipinski definition) is 2. The summed E-state index contributed by atoms with van der Waals surface area (Å²) < 4.78 is 0. The molecule has 0 rings (SSSR count). The summed E-state index contributed by atoms with van der Waals surface area (Å²) in [5.41, 5.74) is 0. The zero-order chi connectivity index (χ0) is 9.56. The van der Waals surface area contributed by atoms with E-state index >= 15 is 0 Å². The van der Waals surface area contributed by atoms with Gasteiger partial charge in [0.05, 0.1) is 12.3 Å². The smallest absolute Gasteiger partial charge is 0.307 e. The van der Waals surface area contributed by atoms with Crippen molar-refractivity contribution in [2.24, 2.45) is 5.92 Å². The average molecular weight is 192 g/mol. The van der Waals surface area contributed by atoms with E-state index in [1.807, 2.05) is 6.26 Å². The Balaban J connectivity index is 3.87. The Morgan fingerprint density at radius 3 is 2.33 bits per heavy atom. The van der Waals surface area contributed by atoms with Crippen molar-refractivity contribution in [2.75, 3.05) is 12.0 Å². The molecule has 0 spiro atoms. The van der Waals surface area contributed by atoms with Crippen LogP contribution < -0.4 is 0 Å². The monoisotopic (exact) mass is 192 g/mol. The first-order chi connectivity index (χ1) is 5.57. The Kier molecular flexibility index (Phi) is 5.53. The summed E-state index contributed by atoms with van der Waals surface area (Å²) in [6.07, 6.45) is 2.00. The average Bonchev–Trinajstić information content (AvgIpc) is 1.96. The molecule has 0 aliphatic rings. The van der Waals surface area contributed by atoms with Gasteiger partial charge in [0.25, 0.3) is 0 Å². The van der Waals surface area contributed by atoms with Crippen LogP contribution in [0.2, 0.25) is 0 Å². The minimum atomic E-state index is -1.05. The summed E-state index contributed by atoms with van der Waals surface area (Å²) in [5.74, 6) is -2.13. The Morgan fingerprint density at radius 2 is 2.00 bits per heavy atom. The summed E-state index contributed by atoms with van der Waals surface area (Å²) in [7, 11) is 0. The molecule has 4 nitrogen and oxygen atoms in total. The minimum Gasteiger partial charge on any atom is -0.481 e. The minimum absolute atomic E-state index is 0.282. The highest BCUT2D eigenvalue weighted by molar-refractivity contribution is 7.98. The molecular formula is C7H12O4S. The summed E-state index contributed by atoms with van der Waals surface area (Å²) in [6, 6.07) is 0. The van der Waals surface area contributed by atoms with Crippen molar-refractivity contribution < 1.29 is 19.8 Å². The van der Waals surface area contributed by atoms with Crippen molar-refractivity contribution in [2.45, 2.75) is 12.8 Å². The van der Waals surface area contributed by atoms with Crippen LogP contribution in [-0.4, -0.2) is 34.2 Å². The van der Waals surface area contributed by atoms with Gasteiger partial charge < -0.3 is 10.2 Å². The van der Waals surface area contributed by atoms with E-state index in [1.54, 1.807) is 0 Å². The van der Waals surface area contributed by atoms with E-state index in [0.717, 1.165) is 0 Å². The van der Waals surface area contributed by atoms with E-state index in [9.17, 15) is 9.59 Å². The van der Waals surface area contributed by atoms with Gasteiger partial charge in [-0.05, 0) is 18.4 Å². The lowest BCUT2D eigenvalue weighted by Crippen LogP contribution is -2.18. The molecule has 12 heavy (non-hydrogen) atoms. The third-order valence-corrected chi connectivity index (χ3v) is 2.08. The number of aliphatic carboxylic acids is 2. The molecule has 0 saturated carbocycles. The van der Waals surface area contributed by atoms with Gasteiger partial charge in [0.15, 0.2) is 0 Å². The van der Waals surface area contributed by atoms with Crippen LogP contribution in [0.5, 0.6) is 0 Å². The van der Waals surface area contributed by atoms with Crippen LogP contribution in [0.1, 0.15) is 12.8 Å². The number of carboxylic acid groups (broad SMARTS) is 2. The van der Waals surface area contributed by atoms with Crippen molar-refractivity contribution in [1.29, 1.82) is 0 Å². The molecule has 0 aromatic rings. The van der Waals surface area contributed by atoms with Crippen molar-refractivity contribution in [3.63, 3.8) is 0 Å². The van der Waals surface area contributed by atoms with Gasteiger partial charge in [-0.3, -0.25) is 9.59 Å². The molecule has 5 heteroatoms. The van der Waals surface area contributed by atoms with Gasteiger partial charge in [-0.2, -0.15) is 11.8 Å². The lowest BCUT2D eigenvalue weighted by atomic mass is 10.0. The predicted molar refractivity (Wildman–Crippen MR) is 46.4 cm³/mol. The van der Waals surface area contributed by atoms with Crippen LogP contribution in [-0.2, 0) is 9.59 Å². The molecule has 1 atom stereocenters. The van der Waals surface area contributed by atoms with Crippen molar-refractivity contribution >= 4 is 23.7 Å². The highest BCUT2D eigenvalue weighted by atomic mass is 32.2. The summed E-state index contributed by atoms with van der Waals surface area (Å²) in [6.45, 7) is 0. The zero-order valence-electron chi connectivity index (χ0n) is 6.82. The standard InChI is InChI=1S/C7H12O4S/c1-12-3-2-5(7(10)11)4-6(8)9/h5H,2-4H2,1H3,(H,8,9)(H,10,11)/t5-/m1/s1. The fraction of sp³-hybridized carbons (Fsp3) is 0.714. The van der Waals surface area contributed by atoms with E-state index in [0.29, 0.717) is 12.2 Å². The third-order valence-electron chi connectivity index (χ3n) is 1.44. The molecule has 0 radical (unpaired) electrons. The first kappa shape index (κ1) is 11.3. The van der Waals surface area contributed by atoms with E-state index in [4.69, 9.17) is 10.2 Å². The molecule has 2 N–H and O–H groups in total. The molecule has 0 aromatic carbocycles. The second kappa shape index (κ2) is 5.88. The van der Waals surface area contributed by atoms with Gasteiger partial charge in [-0.1, -0.05) is 0 Å². The van der Waals surface area contributed by atoms with Crippen molar-refractivity contribution in [1.82, 2.24) is 0 Å². The first-order valence-corrected chi connectivity index (χ1v) is 4.90. The lowest BCUT2D eigenvalue weighted by Gasteiger charge is -2.07. The lowest BCUT2D eigenvalue weighted by molar-refractivity contribution is -0.148. The second-order valence-corrected chi connectivity index (χ2v) is 3.40. The van der Waals surface area contributed by atoms with Crippen LogP contribution in [0.4, 0.5) is 0 Å². The first-order valence-electron chi connectivity index (χ1n) is 3.51. The Bertz CT molecular complexity index is 169. The number of rotatable bonds is 6. The Labute approximate surface area is 75.0 Å². The SMILES string of the molecule is CSCC[C@H](CC(=O)O)C(=O)O. The fourth-order valence-electron chi connectivity index (χ4n) is 0.784. The van der Waals surface area contributed by atoms with Gasteiger partial charge in [-0.25, -0.2) is 0 Å². The largest absolute Gasteiger partial charge is 0.481 e. The van der Waals surface area contributed by atoms with Gasteiger partial charge in [-0.15, -0.1) is 0 Å². The molecule has 0 aliphatic carbocycles. The van der Waals surface area contributed by atoms with Crippen molar-refractivity contribution in [3.8, 4) is 0 Å². The highest BCUT2D eigenvalue weighted by Gasteiger charge is 2.19. The summed E-state index contributed by atoms with van der Waals surface area (Å²) >= 11 is 1.52. The Hall–Kier alpha value is -0.710. The second-order valence-electron chi connectivity index (χ2n) is 2.41. The quantitative estimate of drug-likeness (QED) is 0.654. The van der Waals surface area contributed by atoms with E-state index in [1.165, 1.54) is 11.8 Å². The maximum atomic E-state index is 10.5. The molecule has 0 aliphatic heterocycles. The Morgan fingerprint density at radius 1 is 1.42 bits per heavy atom. The van der Waals surface area contributed by atoms with Gasteiger partial charge in [0.2, 0.25) is 0 Å². The van der Waals surface area contributed by atoms with E-state index < -0.39 is 17.9 Å². The number of carbonyl (C=O) groups is 2. The van der Waals surface area contributed by atoms with E-state index in [2.05, 4.69) is 0 Å². The molecule has 0 heterocycles. The third kappa shape index (κ3) is 5.01. The zero-order valence-corrected chi connectivity index (χ0v) is 7.63. The van der Waals surface area contributed by atoms with Crippen LogP contribution in [0, 0.1) is 5.92 Å². The summed E-state index contributed by atoms with van der Waals surface area (Å²) in [4.78, 5) is 20.7. The van der Waals surface area contributed by atoms with Crippen molar-refractivity contribution in [3.05, 3.63) is 0 Å². The van der Waals surface area contributed by atoms with E-state index in [-0.39, 0.29) is 6.42 Å². The van der Waals surface area contributed by atoms with Gasteiger partial charge in [0.1, 0.15) is 0 Å². The van der Waals surface area contributed by atoms with Crippen LogP contribution >= 0.6 is 11.8 Å². The molecule has 0 bridgehead atoms. The van der Waals surface area contributed by atoms with Crippen LogP contribution in [0.25, 0.3) is 0 Å². The predicted octanol–water partition coefficient (Wildman–Crippen LogP) is 0.915. The van der Waals surface area contributed by atoms with Gasteiger partial charge >= 0.3 is 11.9 Å². The van der Waals surface area contributed by atoms with Crippen LogP contribution in [0.3, 0.4) is 0 Å². The summed E-state index contributed by atoms with van der Waals surface area (Å²) in [5, 5.41) is 16.9. The molecule has 0 amide bonds. The van der Waals surface area contributed by atoms with Gasteiger partial charge in [0, 0.05) is 0 Å². The maximum Gasteiger partial charge on any atom is 0.307 e. The highest BCUT2D eigenvalue weighted by Crippen LogP contribution is 2.12. The molecule has 0 aromatic heterocycles. The molecule has 0 saturated heterocycles. The molecular weight excluding hydrogens is 180 g/mol. The normalized spacial score (nSPS) is 12.4. The number of thioether (sulfide) groups is 1. The topological polar surface area (TPSA) is 74.6 Å². The molecule has 70 valence electrons. The van der Waals surface area contributed by atoms with Crippen LogP contribution in [0.15, 0.2) is 0 Å². The molecule has 0 fully saturated rings.